The Hall–Kier alpha value is -1.49. The summed E-state index contributed by atoms with van der Waals surface area (Å²) < 4.78 is 0. The molecule has 0 saturated carbocycles. The maximum absolute atomic E-state index is 12.1. The summed E-state index contributed by atoms with van der Waals surface area (Å²) in [4.78, 5) is 22.5. The second-order valence-corrected chi connectivity index (χ2v) is 5.72. The van der Waals surface area contributed by atoms with E-state index in [1.54, 1.807) is 18.5 Å². The normalized spacial score (nSPS) is 19.4. The van der Waals surface area contributed by atoms with E-state index in [4.69, 9.17) is 0 Å². The lowest BCUT2D eigenvalue weighted by molar-refractivity contribution is 0.0792. The molecule has 1 N–H and O–H groups in total. The average molecular weight is 262 g/mol. The largest absolute Gasteiger partial charge is 0.344 e. The Morgan fingerprint density at radius 3 is 2.42 bits per heavy atom. The first kappa shape index (κ1) is 13.9. The molecule has 1 aromatic heterocycles. The summed E-state index contributed by atoms with van der Waals surface area (Å²) >= 11 is 0. The number of carbonyl (C=O) groups excluding carboxylic acids is 1. The maximum Gasteiger partial charge on any atom is 0.289 e. The van der Waals surface area contributed by atoms with Crippen LogP contribution in [0.1, 0.15) is 44.2 Å². The van der Waals surface area contributed by atoms with E-state index in [1.807, 2.05) is 0 Å². The third-order valence-electron chi connectivity index (χ3n) is 3.82. The van der Waals surface area contributed by atoms with Gasteiger partial charge in [-0.1, -0.05) is 0 Å². The van der Waals surface area contributed by atoms with Crippen molar-refractivity contribution in [3.8, 4) is 0 Å². The highest BCUT2D eigenvalue weighted by atomic mass is 16.2. The first-order valence-corrected chi connectivity index (χ1v) is 6.84. The average Bonchev–Trinajstić information content (AvgIpc) is 2.40. The van der Waals surface area contributed by atoms with Crippen molar-refractivity contribution in [2.24, 2.45) is 0 Å². The Morgan fingerprint density at radius 2 is 1.89 bits per heavy atom. The zero-order valence-electron chi connectivity index (χ0n) is 11.9. The third-order valence-corrected chi connectivity index (χ3v) is 3.82. The second kappa shape index (κ2) is 5.65. The number of rotatable bonds is 3. The molecule has 0 spiro atoms. The number of piperidine rings is 1. The first-order valence-electron chi connectivity index (χ1n) is 6.84. The molecule has 104 valence electrons. The van der Waals surface area contributed by atoms with E-state index >= 15 is 0 Å². The molecule has 5 heteroatoms. The van der Waals surface area contributed by atoms with Crippen molar-refractivity contribution in [3.05, 3.63) is 24.3 Å². The number of likely N-dealkylation sites (tertiary alicyclic amines) is 1. The van der Waals surface area contributed by atoms with Gasteiger partial charge >= 0.3 is 0 Å². The molecule has 2 rings (SSSR count). The van der Waals surface area contributed by atoms with E-state index in [1.165, 1.54) is 0 Å². The van der Waals surface area contributed by atoms with Crippen LogP contribution in [0.2, 0.25) is 0 Å². The van der Waals surface area contributed by atoms with Crippen molar-refractivity contribution in [2.45, 2.75) is 45.2 Å². The molecule has 0 unspecified atom stereocenters. The minimum absolute atomic E-state index is 0.151. The van der Waals surface area contributed by atoms with Gasteiger partial charge in [0.1, 0.15) is 0 Å². The highest BCUT2D eigenvalue weighted by molar-refractivity contribution is 5.90. The summed E-state index contributed by atoms with van der Waals surface area (Å²) in [5, 5.41) is 3.08. The molecular formula is C14H22N4O. The molecule has 1 fully saturated rings. The number of aromatic nitrogens is 2. The molecule has 1 amide bonds. The second-order valence-electron chi connectivity index (χ2n) is 5.72. The molecular weight excluding hydrogens is 240 g/mol. The number of hydrogen-bond acceptors (Lipinski definition) is 4. The Labute approximate surface area is 114 Å². The Bertz CT molecular complexity index is 424. The number of nitrogens with zero attached hydrogens (tertiary/aromatic N) is 3. The van der Waals surface area contributed by atoms with E-state index in [2.05, 4.69) is 41.0 Å². The summed E-state index contributed by atoms with van der Waals surface area (Å²) in [7, 11) is 0. The van der Waals surface area contributed by atoms with Gasteiger partial charge in [-0.15, -0.1) is 0 Å². The lowest BCUT2D eigenvalue weighted by atomic mass is 9.89. The summed E-state index contributed by atoms with van der Waals surface area (Å²) in [5.41, 5.74) is -0.151. The van der Waals surface area contributed by atoms with Gasteiger partial charge in [0.2, 0.25) is 5.82 Å². The van der Waals surface area contributed by atoms with Crippen molar-refractivity contribution >= 4 is 5.91 Å². The molecule has 0 aliphatic carbocycles. The van der Waals surface area contributed by atoms with Crippen LogP contribution in [0.15, 0.2) is 18.5 Å². The van der Waals surface area contributed by atoms with E-state index < -0.39 is 0 Å². The monoisotopic (exact) mass is 262 g/mol. The molecule has 1 saturated heterocycles. The maximum atomic E-state index is 12.1. The van der Waals surface area contributed by atoms with Crippen molar-refractivity contribution < 1.29 is 4.79 Å². The van der Waals surface area contributed by atoms with Gasteiger partial charge in [0.05, 0.1) is 0 Å². The number of amides is 1. The van der Waals surface area contributed by atoms with Gasteiger partial charge in [0, 0.05) is 37.1 Å². The van der Waals surface area contributed by atoms with Crippen LogP contribution in [0.25, 0.3) is 0 Å². The van der Waals surface area contributed by atoms with Crippen LogP contribution >= 0.6 is 0 Å². The van der Waals surface area contributed by atoms with E-state index in [0.717, 1.165) is 25.9 Å². The standard InChI is InChI=1S/C14H22N4O/c1-11(2)18-9-5-14(3,6-10-18)17-13(19)12-15-7-4-8-16-12/h4,7-8,11H,5-6,9-10H2,1-3H3,(H,17,19). The fourth-order valence-electron chi connectivity index (χ4n) is 2.41. The van der Waals surface area contributed by atoms with Crippen LogP contribution < -0.4 is 5.32 Å². The van der Waals surface area contributed by atoms with Crippen molar-refractivity contribution in [1.29, 1.82) is 0 Å². The van der Waals surface area contributed by atoms with Gasteiger partial charge < -0.3 is 10.2 Å². The zero-order valence-corrected chi connectivity index (χ0v) is 11.9. The SMILES string of the molecule is CC(C)N1CCC(C)(NC(=O)c2ncccn2)CC1. The molecule has 5 nitrogen and oxygen atoms in total. The number of hydrogen-bond donors (Lipinski definition) is 1. The molecule has 1 aromatic rings. The van der Waals surface area contributed by atoms with Gasteiger partial charge in [-0.3, -0.25) is 4.79 Å². The predicted octanol–water partition coefficient (Wildman–Crippen LogP) is 1.47. The highest BCUT2D eigenvalue weighted by Crippen LogP contribution is 2.23. The molecule has 19 heavy (non-hydrogen) atoms. The summed E-state index contributed by atoms with van der Waals surface area (Å²) in [6.07, 6.45) is 5.10. The van der Waals surface area contributed by atoms with E-state index in [-0.39, 0.29) is 17.3 Å². The Balaban J connectivity index is 1.94. The Kier molecular flexibility index (Phi) is 4.14. The fourth-order valence-corrected chi connectivity index (χ4v) is 2.41. The zero-order chi connectivity index (χ0) is 13.9. The Morgan fingerprint density at radius 1 is 1.32 bits per heavy atom. The van der Waals surface area contributed by atoms with E-state index in [0.29, 0.717) is 6.04 Å². The van der Waals surface area contributed by atoms with Gasteiger partial charge in [-0.05, 0) is 39.7 Å². The van der Waals surface area contributed by atoms with Gasteiger partial charge in [-0.25, -0.2) is 9.97 Å². The quantitative estimate of drug-likeness (QED) is 0.896. The summed E-state index contributed by atoms with van der Waals surface area (Å²) in [6.45, 7) is 8.55. The van der Waals surface area contributed by atoms with Crippen LogP contribution in [0, 0.1) is 0 Å². The highest BCUT2D eigenvalue weighted by Gasteiger charge is 2.32. The van der Waals surface area contributed by atoms with Crippen LogP contribution in [0.4, 0.5) is 0 Å². The molecule has 0 atom stereocenters. The topological polar surface area (TPSA) is 58.1 Å². The minimum Gasteiger partial charge on any atom is -0.344 e. The third kappa shape index (κ3) is 3.50. The van der Waals surface area contributed by atoms with Crippen molar-refractivity contribution in [2.75, 3.05) is 13.1 Å². The van der Waals surface area contributed by atoms with Crippen LogP contribution in [-0.2, 0) is 0 Å². The van der Waals surface area contributed by atoms with E-state index in [9.17, 15) is 4.79 Å². The first-order chi connectivity index (χ1) is 9.00. The lowest BCUT2D eigenvalue weighted by Crippen LogP contribution is -2.54. The van der Waals surface area contributed by atoms with Gasteiger partial charge in [0.15, 0.2) is 0 Å². The molecule has 0 radical (unpaired) electrons. The summed E-state index contributed by atoms with van der Waals surface area (Å²) in [5.74, 6) is 0.0658. The van der Waals surface area contributed by atoms with Crippen molar-refractivity contribution in [3.63, 3.8) is 0 Å². The minimum atomic E-state index is -0.180. The molecule has 0 bridgehead atoms. The smallest absolute Gasteiger partial charge is 0.289 e. The summed E-state index contributed by atoms with van der Waals surface area (Å²) in [6, 6.07) is 2.28. The number of carbonyl (C=O) groups is 1. The van der Waals surface area contributed by atoms with Crippen LogP contribution in [-0.4, -0.2) is 45.4 Å². The molecule has 2 heterocycles. The van der Waals surface area contributed by atoms with Gasteiger partial charge in [-0.2, -0.15) is 0 Å². The van der Waals surface area contributed by atoms with Crippen molar-refractivity contribution in [1.82, 2.24) is 20.2 Å². The fraction of sp³-hybridized carbons (Fsp3) is 0.643. The lowest BCUT2D eigenvalue weighted by Gasteiger charge is -2.41. The van der Waals surface area contributed by atoms with Gasteiger partial charge in [0.25, 0.3) is 5.91 Å². The molecule has 1 aliphatic rings. The number of nitrogens with one attached hydrogen (secondary N) is 1. The van der Waals surface area contributed by atoms with Crippen LogP contribution in [0.3, 0.4) is 0 Å². The molecule has 0 aromatic carbocycles. The predicted molar refractivity (Wildman–Crippen MR) is 73.8 cm³/mol. The molecule has 1 aliphatic heterocycles. The van der Waals surface area contributed by atoms with Crippen LogP contribution in [0.5, 0.6) is 0 Å².